The number of amides is 1. The maximum Gasteiger partial charge on any atom is 0.417 e. The summed E-state index contributed by atoms with van der Waals surface area (Å²) in [5.41, 5.74) is -0.272. The molecule has 0 aliphatic carbocycles. The Hall–Kier alpha value is -2.32. The summed E-state index contributed by atoms with van der Waals surface area (Å²) >= 11 is 5.58. The van der Waals surface area contributed by atoms with Crippen LogP contribution in [0.5, 0.6) is 0 Å². The monoisotopic (exact) mass is 399 g/mol. The lowest BCUT2D eigenvalue weighted by Gasteiger charge is -2.13. The minimum atomic E-state index is -4.61. The number of carbonyl (C=O) groups is 1. The van der Waals surface area contributed by atoms with Gasteiger partial charge in [0, 0.05) is 30.7 Å². The second kappa shape index (κ2) is 8.14. The molecule has 0 saturated carbocycles. The van der Waals surface area contributed by atoms with Crippen LogP contribution in [0.4, 0.5) is 24.5 Å². The number of alkyl halides is 3. The molecule has 1 saturated heterocycles. The van der Waals surface area contributed by atoms with E-state index in [2.05, 4.69) is 15.6 Å². The molecule has 2 heterocycles. The fraction of sp³-hybridized carbons (Fsp3) is 0.333. The molecule has 1 amide bonds. The molecule has 0 bridgehead atoms. The number of hydrogen-bond donors (Lipinski definition) is 2. The first-order valence-electron chi connectivity index (χ1n) is 8.32. The SMILES string of the molecule is O=C(Nc1ccc(Cl)c(C(F)(F)F)c1)c1cc(NCC2CCCO2)ccn1. The van der Waals surface area contributed by atoms with Crippen LogP contribution in [0, 0.1) is 0 Å². The molecule has 1 aliphatic rings. The molecule has 144 valence electrons. The van der Waals surface area contributed by atoms with E-state index in [1.54, 1.807) is 6.07 Å². The number of anilines is 2. The molecule has 3 rings (SSSR count). The minimum Gasteiger partial charge on any atom is -0.382 e. The van der Waals surface area contributed by atoms with Crippen LogP contribution >= 0.6 is 11.6 Å². The number of pyridine rings is 1. The van der Waals surface area contributed by atoms with Crippen molar-refractivity contribution in [2.24, 2.45) is 0 Å². The molecule has 1 aliphatic heterocycles. The highest BCUT2D eigenvalue weighted by atomic mass is 35.5. The van der Waals surface area contributed by atoms with Crippen LogP contribution in [0.2, 0.25) is 5.02 Å². The van der Waals surface area contributed by atoms with E-state index in [-0.39, 0.29) is 17.5 Å². The van der Waals surface area contributed by atoms with Gasteiger partial charge in [0.1, 0.15) is 5.69 Å². The molecule has 0 spiro atoms. The molecule has 1 atom stereocenters. The van der Waals surface area contributed by atoms with Gasteiger partial charge in [-0.15, -0.1) is 0 Å². The number of aromatic nitrogens is 1. The van der Waals surface area contributed by atoms with E-state index in [4.69, 9.17) is 16.3 Å². The number of nitrogens with one attached hydrogen (secondary N) is 2. The minimum absolute atomic E-state index is 0.0174. The number of rotatable bonds is 5. The number of halogens is 4. The quantitative estimate of drug-likeness (QED) is 0.771. The Morgan fingerprint density at radius 1 is 1.26 bits per heavy atom. The molecule has 1 aromatic heterocycles. The van der Waals surface area contributed by atoms with E-state index >= 15 is 0 Å². The molecular weight excluding hydrogens is 383 g/mol. The molecule has 1 fully saturated rings. The average molecular weight is 400 g/mol. The highest BCUT2D eigenvalue weighted by Gasteiger charge is 2.33. The molecular formula is C18H17ClF3N3O2. The molecule has 1 unspecified atom stereocenters. The van der Waals surface area contributed by atoms with Gasteiger partial charge in [0.05, 0.1) is 16.7 Å². The zero-order valence-electron chi connectivity index (χ0n) is 14.1. The molecule has 9 heteroatoms. The van der Waals surface area contributed by atoms with Crippen molar-refractivity contribution in [2.75, 3.05) is 23.8 Å². The Morgan fingerprint density at radius 3 is 2.78 bits per heavy atom. The van der Waals surface area contributed by atoms with E-state index in [9.17, 15) is 18.0 Å². The summed E-state index contributed by atoms with van der Waals surface area (Å²) in [4.78, 5) is 16.3. The van der Waals surface area contributed by atoms with E-state index in [0.29, 0.717) is 12.2 Å². The average Bonchev–Trinajstić information content (AvgIpc) is 3.14. The summed E-state index contributed by atoms with van der Waals surface area (Å²) in [5.74, 6) is -0.619. The lowest BCUT2D eigenvalue weighted by Crippen LogP contribution is -2.19. The van der Waals surface area contributed by atoms with Crippen LogP contribution in [-0.2, 0) is 10.9 Å². The maximum absolute atomic E-state index is 12.9. The molecule has 1 aromatic carbocycles. The zero-order valence-corrected chi connectivity index (χ0v) is 14.9. The third-order valence-electron chi connectivity index (χ3n) is 4.08. The number of carbonyl (C=O) groups excluding carboxylic acids is 1. The summed E-state index contributed by atoms with van der Waals surface area (Å²) in [5, 5.41) is 5.15. The third kappa shape index (κ3) is 5.11. The van der Waals surface area contributed by atoms with Gasteiger partial charge >= 0.3 is 6.18 Å². The van der Waals surface area contributed by atoms with Crippen molar-refractivity contribution < 1.29 is 22.7 Å². The molecule has 2 N–H and O–H groups in total. The summed E-state index contributed by atoms with van der Waals surface area (Å²) < 4.78 is 44.3. The second-order valence-corrected chi connectivity index (χ2v) is 6.50. The predicted molar refractivity (Wildman–Crippen MR) is 96.1 cm³/mol. The molecule has 2 aromatic rings. The Labute approximate surface area is 158 Å². The first kappa shape index (κ1) is 19.4. The lowest BCUT2D eigenvalue weighted by atomic mass is 10.2. The van der Waals surface area contributed by atoms with E-state index in [0.717, 1.165) is 31.6 Å². The van der Waals surface area contributed by atoms with Crippen LogP contribution in [0.15, 0.2) is 36.5 Å². The van der Waals surface area contributed by atoms with Crippen molar-refractivity contribution in [1.82, 2.24) is 4.98 Å². The Balaban J connectivity index is 1.68. The van der Waals surface area contributed by atoms with E-state index in [1.165, 1.54) is 18.3 Å². The van der Waals surface area contributed by atoms with Crippen molar-refractivity contribution in [3.63, 3.8) is 0 Å². The lowest BCUT2D eigenvalue weighted by molar-refractivity contribution is -0.137. The fourth-order valence-corrected chi connectivity index (χ4v) is 2.94. The number of nitrogens with zero attached hydrogens (tertiary/aromatic N) is 1. The van der Waals surface area contributed by atoms with Gasteiger partial charge in [0.15, 0.2) is 0 Å². The van der Waals surface area contributed by atoms with Crippen LogP contribution in [0.3, 0.4) is 0 Å². The summed E-state index contributed by atoms with van der Waals surface area (Å²) in [7, 11) is 0. The predicted octanol–water partition coefficient (Wildman–Crippen LogP) is 4.60. The van der Waals surface area contributed by atoms with Crippen LogP contribution in [0.1, 0.15) is 28.9 Å². The van der Waals surface area contributed by atoms with Crippen molar-refractivity contribution >= 4 is 28.9 Å². The van der Waals surface area contributed by atoms with Gasteiger partial charge in [-0.3, -0.25) is 9.78 Å². The topological polar surface area (TPSA) is 63.2 Å². The second-order valence-electron chi connectivity index (χ2n) is 6.09. The normalized spacial score (nSPS) is 17.0. The van der Waals surface area contributed by atoms with Crippen molar-refractivity contribution in [2.45, 2.75) is 25.1 Å². The Morgan fingerprint density at radius 2 is 2.07 bits per heavy atom. The third-order valence-corrected chi connectivity index (χ3v) is 4.41. The summed E-state index contributed by atoms with van der Waals surface area (Å²) in [6, 6.07) is 6.42. The van der Waals surface area contributed by atoms with Gasteiger partial charge in [0.2, 0.25) is 0 Å². The van der Waals surface area contributed by atoms with Gasteiger partial charge in [-0.05, 0) is 43.2 Å². The standard InChI is InChI=1S/C18H17ClF3N3O2/c19-15-4-3-12(8-14(15)18(20,21)22)25-17(26)16-9-11(5-6-23-16)24-10-13-2-1-7-27-13/h3-6,8-9,13H,1-2,7,10H2,(H,23,24)(H,25,26). The largest absolute Gasteiger partial charge is 0.417 e. The van der Waals surface area contributed by atoms with Crippen molar-refractivity contribution in [1.29, 1.82) is 0 Å². The zero-order chi connectivity index (χ0) is 19.4. The number of hydrogen-bond acceptors (Lipinski definition) is 4. The summed E-state index contributed by atoms with van der Waals surface area (Å²) in [6.45, 7) is 1.36. The molecule has 27 heavy (non-hydrogen) atoms. The fourth-order valence-electron chi connectivity index (χ4n) is 2.72. The highest BCUT2D eigenvalue weighted by molar-refractivity contribution is 6.31. The molecule has 5 nitrogen and oxygen atoms in total. The van der Waals surface area contributed by atoms with Crippen molar-refractivity contribution in [3.8, 4) is 0 Å². The van der Waals surface area contributed by atoms with E-state index < -0.39 is 22.7 Å². The Bertz CT molecular complexity index is 824. The molecule has 0 radical (unpaired) electrons. The van der Waals surface area contributed by atoms with Gasteiger partial charge in [0.25, 0.3) is 5.91 Å². The number of benzene rings is 1. The Kier molecular flexibility index (Phi) is 5.86. The van der Waals surface area contributed by atoms with Crippen LogP contribution < -0.4 is 10.6 Å². The van der Waals surface area contributed by atoms with Crippen molar-refractivity contribution in [3.05, 3.63) is 52.8 Å². The maximum atomic E-state index is 12.9. The van der Waals surface area contributed by atoms with Crippen LogP contribution in [0.25, 0.3) is 0 Å². The summed E-state index contributed by atoms with van der Waals surface area (Å²) in [6.07, 6.45) is -1.02. The number of ether oxygens (including phenoxy) is 1. The van der Waals surface area contributed by atoms with Gasteiger partial charge in [-0.25, -0.2) is 0 Å². The van der Waals surface area contributed by atoms with Crippen LogP contribution in [-0.4, -0.2) is 30.1 Å². The highest BCUT2D eigenvalue weighted by Crippen LogP contribution is 2.36. The first-order chi connectivity index (χ1) is 12.8. The van der Waals surface area contributed by atoms with E-state index in [1.807, 2.05) is 0 Å². The van der Waals surface area contributed by atoms with Gasteiger partial charge < -0.3 is 15.4 Å². The smallest absolute Gasteiger partial charge is 0.382 e. The first-order valence-corrected chi connectivity index (χ1v) is 8.70. The van der Waals surface area contributed by atoms with Gasteiger partial charge in [-0.1, -0.05) is 11.6 Å². The van der Waals surface area contributed by atoms with Gasteiger partial charge in [-0.2, -0.15) is 13.2 Å².